The average molecular weight is 604 g/mol. The Bertz CT molecular complexity index is 1430. The highest BCUT2D eigenvalue weighted by Gasteiger charge is 2.47. The predicted octanol–water partition coefficient (Wildman–Crippen LogP) is 4.73. The molecule has 1 amide bonds. The zero-order chi connectivity index (χ0) is 28.8. The lowest BCUT2D eigenvalue weighted by atomic mass is 9.76. The quantitative estimate of drug-likeness (QED) is 0.509. The second-order valence-corrected chi connectivity index (χ2v) is 15.2. The summed E-state index contributed by atoms with van der Waals surface area (Å²) < 4.78 is 51.6. The molecule has 2 aromatic rings. The van der Waals surface area contributed by atoms with Crippen LogP contribution in [0.2, 0.25) is 0 Å². The van der Waals surface area contributed by atoms with Crippen molar-refractivity contribution < 1.29 is 22.0 Å². The number of anilines is 2. The molecule has 41 heavy (non-hydrogen) atoms. The summed E-state index contributed by atoms with van der Waals surface area (Å²) in [5.41, 5.74) is 1.99. The van der Waals surface area contributed by atoms with E-state index in [0.717, 1.165) is 47.5 Å². The molecule has 8 nitrogen and oxygen atoms in total. The highest BCUT2D eigenvalue weighted by atomic mass is 32.2. The number of hydrogen-bond acceptors (Lipinski definition) is 8. The summed E-state index contributed by atoms with van der Waals surface area (Å²) in [7, 11) is -2.98. The van der Waals surface area contributed by atoms with Crippen LogP contribution in [0.5, 0.6) is 0 Å². The van der Waals surface area contributed by atoms with Crippen molar-refractivity contribution in [3.8, 4) is 16.5 Å². The average Bonchev–Trinajstić information content (AvgIpc) is 3.60. The third-order valence-corrected chi connectivity index (χ3v) is 11.8. The first-order valence-corrected chi connectivity index (χ1v) is 17.1. The Morgan fingerprint density at radius 1 is 1.00 bits per heavy atom. The second-order valence-electron chi connectivity index (χ2n) is 11.9. The van der Waals surface area contributed by atoms with E-state index < -0.39 is 21.3 Å². The summed E-state index contributed by atoms with van der Waals surface area (Å²) in [4.78, 5) is 23.5. The molecule has 2 atom stereocenters. The lowest BCUT2D eigenvalue weighted by Gasteiger charge is -2.32. The molecule has 4 fully saturated rings. The van der Waals surface area contributed by atoms with Crippen molar-refractivity contribution in [1.29, 1.82) is 5.26 Å². The monoisotopic (exact) mass is 603 g/mol. The molecule has 0 spiro atoms. The van der Waals surface area contributed by atoms with Crippen LogP contribution in [0, 0.1) is 17.2 Å². The molecule has 12 heteroatoms. The summed E-state index contributed by atoms with van der Waals surface area (Å²) in [5.74, 6) is -2.90. The van der Waals surface area contributed by atoms with Crippen LogP contribution in [0.4, 0.5) is 19.6 Å². The van der Waals surface area contributed by atoms with Gasteiger partial charge >= 0.3 is 0 Å². The Balaban J connectivity index is 1.31. The molecule has 1 aromatic carbocycles. The Kier molecular flexibility index (Phi) is 7.47. The van der Waals surface area contributed by atoms with Crippen LogP contribution in [-0.4, -0.2) is 68.5 Å². The SMILES string of the molecule is N#CC1(NC(=O)[C@@H]2CCCC[C@H]2c2nc(N3CCC(F)(F)CC3)sc2-c2ccc(N3CCS(=O)(=O)CC3)cc2)CC1. The summed E-state index contributed by atoms with van der Waals surface area (Å²) in [6.45, 7) is 1.38. The van der Waals surface area contributed by atoms with Gasteiger partial charge in [0.05, 0.1) is 28.1 Å². The molecule has 1 N–H and O–H groups in total. The number of benzene rings is 1. The minimum Gasteiger partial charge on any atom is -0.369 e. The lowest BCUT2D eigenvalue weighted by molar-refractivity contribution is -0.127. The zero-order valence-corrected chi connectivity index (χ0v) is 24.6. The van der Waals surface area contributed by atoms with E-state index >= 15 is 0 Å². The minimum absolute atomic E-state index is 0.0951. The normalized spacial score (nSPS) is 26.7. The predicted molar refractivity (Wildman–Crippen MR) is 155 cm³/mol. The topological polar surface area (TPSA) is 106 Å². The number of halogens is 2. The molecule has 0 unspecified atom stereocenters. The third kappa shape index (κ3) is 6.07. The Labute approximate surface area is 243 Å². The van der Waals surface area contributed by atoms with Crippen LogP contribution in [0.1, 0.15) is 63.0 Å². The number of hydrogen-bond donors (Lipinski definition) is 1. The number of thiazole rings is 1. The molecule has 220 valence electrons. The number of amides is 1. The summed E-state index contributed by atoms with van der Waals surface area (Å²) in [5, 5.41) is 13.3. The van der Waals surface area contributed by atoms with Crippen LogP contribution in [0.3, 0.4) is 0 Å². The van der Waals surface area contributed by atoms with Crippen molar-refractivity contribution in [3.05, 3.63) is 30.0 Å². The second kappa shape index (κ2) is 10.8. The fourth-order valence-corrected chi connectivity index (χ4v) is 8.62. The Morgan fingerprint density at radius 2 is 1.66 bits per heavy atom. The maximum atomic E-state index is 13.9. The number of rotatable bonds is 6. The van der Waals surface area contributed by atoms with E-state index in [1.54, 1.807) is 0 Å². The number of nitrogens with zero attached hydrogens (tertiary/aromatic N) is 4. The molecule has 0 bridgehead atoms. The van der Waals surface area contributed by atoms with E-state index in [-0.39, 0.29) is 55.2 Å². The number of alkyl halides is 2. The van der Waals surface area contributed by atoms with E-state index in [9.17, 15) is 27.3 Å². The van der Waals surface area contributed by atoms with Gasteiger partial charge in [-0.05, 0) is 43.4 Å². The van der Waals surface area contributed by atoms with Crippen molar-refractivity contribution in [1.82, 2.24) is 10.3 Å². The smallest absolute Gasteiger partial charge is 0.251 e. The first-order valence-electron chi connectivity index (χ1n) is 14.5. The molecular formula is C29H35F2N5O3S2. The highest BCUT2D eigenvalue weighted by Crippen LogP contribution is 2.47. The number of piperidine rings is 1. The number of carbonyl (C=O) groups is 1. The number of carbonyl (C=O) groups excluding carboxylic acids is 1. The maximum absolute atomic E-state index is 13.9. The first kappa shape index (κ1) is 28.3. The van der Waals surface area contributed by atoms with Crippen molar-refractivity contribution in [2.24, 2.45) is 5.92 Å². The number of nitrogens with one attached hydrogen (secondary N) is 1. The third-order valence-electron chi connectivity index (χ3n) is 9.03. The van der Waals surface area contributed by atoms with Crippen molar-refractivity contribution in [2.75, 3.05) is 47.5 Å². The van der Waals surface area contributed by atoms with Gasteiger partial charge in [-0.25, -0.2) is 22.2 Å². The van der Waals surface area contributed by atoms with Gasteiger partial charge in [-0.15, -0.1) is 0 Å². The van der Waals surface area contributed by atoms with Gasteiger partial charge in [-0.2, -0.15) is 5.26 Å². The molecule has 1 aromatic heterocycles. The summed E-state index contributed by atoms with van der Waals surface area (Å²) >= 11 is 1.49. The largest absolute Gasteiger partial charge is 0.369 e. The molecule has 3 heterocycles. The molecule has 2 aliphatic carbocycles. The Morgan fingerprint density at radius 3 is 2.29 bits per heavy atom. The first-order chi connectivity index (χ1) is 19.6. The van der Waals surface area contributed by atoms with Crippen LogP contribution >= 0.6 is 11.3 Å². The van der Waals surface area contributed by atoms with E-state index in [2.05, 4.69) is 16.3 Å². The molecular weight excluding hydrogens is 568 g/mol. The van der Waals surface area contributed by atoms with Gasteiger partial charge in [-0.1, -0.05) is 36.3 Å². The van der Waals surface area contributed by atoms with E-state index in [1.807, 2.05) is 29.2 Å². The number of aromatic nitrogens is 1. The Hall–Kier alpha value is -2.78. The van der Waals surface area contributed by atoms with Gasteiger partial charge in [-0.3, -0.25) is 4.79 Å². The number of sulfone groups is 1. The van der Waals surface area contributed by atoms with Crippen LogP contribution in [0.25, 0.3) is 10.4 Å². The molecule has 0 radical (unpaired) electrons. The fourth-order valence-electron chi connectivity index (χ4n) is 6.22. The lowest BCUT2D eigenvalue weighted by Crippen LogP contribution is -2.42. The summed E-state index contributed by atoms with van der Waals surface area (Å²) in [6, 6.07) is 10.3. The van der Waals surface area contributed by atoms with Crippen LogP contribution in [0.15, 0.2) is 24.3 Å². The standard InChI is InChI=1S/C29H35F2N5O3S2/c30-29(31)11-13-36(14-12-29)27-33-24(22-3-1-2-4-23(22)26(37)34-28(19-32)9-10-28)25(40-27)20-5-7-21(8-6-20)35-15-17-41(38,39)18-16-35/h5-8,22-23H,1-4,9-18H2,(H,34,37)/t22-,23-/m1/s1. The van der Waals surface area contributed by atoms with E-state index in [1.165, 1.54) is 11.3 Å². The highest BCUT2D eigenvalue weighted by molar-refractivity contribution is 7.91. The van der Waals surface area contributed by atoms with Crippen LogP contribution in [-0.2, 0) is 14.6 Å². The van der Waals surface area contributed by atoms with Gasteiger partial charge in [0.15, 0.2) is 15.0 Å². The minimum atomic E-state index is -2.98. The zero-order valence-electron chi connectivity index (χ0n) is 22.9. The maximum Gasteiger partial charge on any atom is 0.251 e. The molecule has 2 saturated carbocycles. The molecule has 4 aliphatic rings. The molecule has 2 saturated heterocycles. The fraction of sp³-hybridized carbons (Fsp3) is 0.621. The van der Waals surface area contributed by atoms with E-state index in [0.29, 0.717) is 31.1 Å². The van der Waals surface area contributed by atoms with E-state index in [4.69, 9.17) is 4.98 Å². The van der Waals surface area contributed by atoms with Gasteiger partial charge < -0.3 is 15.1 Å². The summed E-state index contributed by atoms with van der Waals surface area (Å²) in [6.07, 6.45) is 4.35. The van der Waals surface area contributed by atoms with Gasteiger partial charge in [0.25, 0.3) is 5.92 Å². The molecule has 2 aliphatic heterocycles. The van der Waals surface area contributed by atoms with Crippen molar-refractivity contribution in [3.63, 3.8) is 0 Å². The van der Waals surface area contributed by atoms with Crippen LogP contribution < -0.4 is 15.1 Å². The van der Waals surface area contributed by atoms with Gasteiger partial charge in [0.2, 0.25) is 5.91 Å². The van der Waals surface area contributed by atoms with Crippen molar-refractivity contribution in [2.45, 2.75) is 68.7 Å². The van der Waals surface area contributed by atoms with Gasteiger partial charge in [0, 0.05) is 56.5 Å². The molecule has 6 rings (SSSR count). The van der Waals surface area contributed by atoms with Crippen molar-refractivity contribution >= 4 is 37.9 Å². The van der Waals surface area contributed by atoms with Gasteiger partial charge in [0.1, 0.15) is 5.54 Å². The number of nitriles is 1.